The molecule has 7 rings (SSSR count). The van der Waals surface area contributed by atoms with Gasteiger partial charge in [-0.15, -0.1) is 0 Å². The van der Waals surface area contributed by atoms with Crippen LogP contribution in [-0.4, -0.2) is 56.7 Å². The maximum absolute atomic E-state index is 13.4. The van der Waals surface area contributed by atoms with Crippen LogP contribution in [0.2, 0.25) is 0 Å². The summed E-state index contributed by atoms with van der Waals surface area (Å²) in [7, 11) is 0. The number of hydrogen-bond donors (Lipinski definition) is 1. The van der Waals surface area contributed by atoms with Gasteiger partial charge in [0.2, 0.25) is 0 Å². The number of aliphatic hydroxyl groups is 1. The lowest BCUT2D eigenvalue weighted by Gasteiger charge is -2.50. The molecular formula is C36H34O8. The highest BCUT2D eigenvalue weighted by molar-refractivity contribution is 5.93. The van der Waals surface area contributed by atoms with Crippen LogP contribution in [0.25, 0.3) is 10.8 Å². The van der Waals surface area contributed by atoms with Gasteiger partial charge in [0.1, 0.15) is 43.5 Å². The fourth-order valence-corrected chi connectivity index (χ4v) is 6.37. The Balaban J connectivity index is 1.05. The van der Waals surface area contributed by atoms with Gasteiger partial charge in [-0.1, -0.05) is 79.4 Å². The average Bonchev–Trinajstić information content (AvgIpc) is 3.06. The minimum absolute atomic E-state index is 0.0333. The van der Waals surface area contributed by atoms with E-state index in [2.05, 4.69) is 6.58 Å². The Kier molecular flexibility index (Phi) is 8.63. The second-order valence-corrected chi connectivity index (χ2v) is 10.7. The summed E-state index contributed by atoms with van der Waals surface area (Å²) in [5, 5.41) is 13.8. The van der Waals surface area contributed by atoms with E-state index in [1.54, 1.807) is 0 Å². The fraction of sp³-hybridized carbons (Fsp3) is 0.278. The second kappa shape index (κ2) is 12.9. The zero-order valence-corrected chi connectivity index (χ0v) is 24.3. The Hall–Kier alpha value is -4.66. The van der Waals surface area contributed by atoms with Gasteiger partial charge in [-0.2, -0.15) is 0 Å². The predicted molar refractivity (Wildman–Crippen MR) is 164 cm³/mol. The third-order valence-electron chi connectivity index (χ3n) is 8.31. The van der Waals surface area contributed by atoms with E-state index in [0.717, 1.165) is 39.1 Å². The molecule has 3 aliphatic carbocycles. The largest absolute Gasteiger partial charge is 0.491 e. The number of benzene rings is 4. The molecule has 44 heavy (non-hydrogen) atoms. The molecule has 0 aliphatic heterocycles. The molecule has 8 nitrogen and oxygen atoms in total. The van der Waals surface area contributed by atoms with Crippen molar-refractivity contribution in [3.05, 3.63) is 120 Å². The van der Waals surface area contributed by atoms with Crippen LogP contribution in [0, 0.1) is 5.92 Å². The molecule has 0 aromatic heterocycles. The van der Waals surface area contributed by atoms with Crippen LogP contribution < -0.4 is 9.47 Å². The minimum atomic E-state index is -1.44. The van der Waals surface area contributed by atoms with E-state index in [9.17, 15) is 14.7 Å². The Labute approximate surface area is 255 Å². The molecule has 0 heterocycles. The van der Waals surface area contributed by atoms with E-state index in [-0.39, 0.29) is 32.3 Å². The summed E-state index contributed by atoms with van der Waals surface area (Å²) < 4.78 is 28.0. The number of carbonyl (C=O) groups is 2. The van der Waals surface area contributed by atoms with Gasteiger partial charge in [-0.05, 0) is 40.8 Å². The van der Waals surface area contributed by atoms with Crippen LogP contribution >= 0.6 is 0 Å². The molecule has 0 spiro atoms. The highest BCUT2D eigenvalue weighted by atomic mass is 16.6. The van der Waals surface area contributed by atoms with Gasteiger partial charge in [-0.3, -0.25) is 4.79 Å². The Morgan fingerprint density at radius 3 is 1.86 bits per heavy atom. The molecule has 226 valence electrons. The van der Waals surface area contributed by atoms with E-state index < -0.39 is 23.5 Å². The molecule has 2 bridgehead atoms. The average molecular weight is 595 g/mol. The van der Waals surface area contributed by atoms with Crippen molar-refractivity contribution in [2.24, 2.45) is 5.92 Å². The SMILES string of the molecule is C=CC(=O)OCCOCCOc1ccc(OCCOC(=O)C2CC3c4ccccc4C2(O)c2ccccc23)c2ccccc12. The summed E-state index contributed by atoms with van der Waals surface area (Å²) in [6.45, 7) is 4.62. The fourth-order valence-electron chi connectivity index (χ4n) is 6.37. The number of ether oxygens (including phenoxy) is 5. The molecule has 1 unspecified atom stereocenters. The van der Waals surface area contributed by atoms with Crippen molar-refractivity contribution >= 4 is 22.7 Å². The summed E-state index contributed by atoms with van der Waals surface area (Å²) >= 11 is 0. The van der Waals surface area contributed by atoms with Crippen LogP contribution in [-0.2, 0) is 29.4 Å². The molecule has 1 atom stereocenters. The minimum Gasteiger partial charge on any atom is -0.491 e. The number of fused-ring (bicyclic) bond motifs is 2. The summed E-state index contributed by atoms with van der Waals surface area (Å²) in [6.07, 6.45) is 1.60. The molecule has 0 saturated carbocycles. The Morgan fingerprint density at radius 1 is 0.727 bits per heavy atom. The van der Waals surface area contributed by atoms with E-state index >= 15 is 0 Å². The molecule has 1 N–H and O–H groups in total. The molecule has 0 fully saturated rings. The summed E-state index contributed by atoms with van der Waals surface area (Å²) in [5.41, 5.74) is 2.26. The zero-order chi connectivity index (χ0) is 30.5. The summed E-state index contributed by atoms with van der Waals surface area (Å²) in [4.78, 5) is 24.5. The van der Waals surface area contributed by atoms with Gasteiger partial charge in [0, 0.05) is 22.8 Å². The highest BCUT2D eigenvalue weighted by Gasteiger charge is 2.56. The predicted octanol–water partition coefficient (Wildman–Crippen LogP) is 5.29. The first-order chi connectivity index (χ1) is 21.5. The number of rotatable bonds is 13. The van der Waals surface area contributed by atoms with Gasteiger partial charge in [0.25, 0.3) is 0 Å². The smallest absolute Gasteiger partial charge is 0.330 e. The molecule has 4 aromatic carbocycles. The third kappa shape index (κ3) is 5.54. The molecule has 0 radical (unpaired) electrons. The van der Waals surface area contributed by atoms with Gasteiger partial charge in [-0.25, -0.2) is 4.79 Å². The van der Waals surface area contributed by atoms with E-state index in [0.29, 0.717) is 31.1 Å². The van der Waals surface area contributed by atoms with Gasteiger partial charge < -0.3 is 28.8 Å². The number of hydrogen-bond acceptors (Lipinski definition) is 8. The molecule has 0 amide bonds. The molecule has 4 aromatic rings. The van der Waals surface area contributed by atoms with Crippen LogP contribution in [0.3, 0.4) is 0 Å². The van der Waals surface area contributed by atoms with Crippen molar-refractivity contribution in [1.82, 2.24) is 0 Å². The van der Waals surface area contributed by atoms with Crippen molar-refractivity contribution in [1.29, 1.82) is 0 Å². The van der Waals surface area contributed by atoms with E-state index in [1.165, 1.54) is 0 Å². The van der Waals surface area contributed by atoms with Crippen LogP contribution in [0.4, 0.5) is 0 Å². The first-order valence-electron chi connectivity index (χ1n) is 14.7. The monoisotopic (exact) mass is 594 g/mol. The van der Waals surface area contributed by atoms with Crippen molar-refractivity contribution in [2.45, 2.75) is 17.9 Å². The van der Waals surface area contributed by atoms with Crippen molar-refractivity contribution in [3.63, 3.8) is 0 Å². The summed E-state index contributed by atoms with van der Waals surface area (Å²) in [5.74, 6) is -0.264. The van der Waals surface area contributed by atoms with Crippen molar-refractivity contribution < 1.29 is 38.4 Å². The lowest BCUT2D eigenvalue weighted by atomic mass is 9.56. The molecule has 0 saturated heterocycles. The standard InChI is InChI=1S/C36H34O8/c1-2-34(37)43-20-18-40-17-19-41-32-15-16-33(27-12-4-3-11-26(27)32)42-21-22-44-35(38)31-23-28-24-9-5-7-13-29(24)36(31,39)30-14-8-6-10-25(28)30/h2-16,28,31,39H,1,17-23H2. The molecule has 3 aliphatic rings. The highest BCUT2D eigenvalue weighted by Crippen LogP contribution is 2.57. The third-order valence-corrected chi connectivity index (χ3v) is 8.31. The quantitative estimate of drug-likeness (QED) is 0.127. The lowest BCUT2D eigenvalue weighted by molar-refractivity contribution is -0.160. The van der Waals surface area contributed by atoms with Gasteiger partial charge >= 0.3 is 11.9 Å². The van der Waals surface area contributed by atoms with Crippen molar-refractivity contribution in [2.75, 3.05) is 39.6 Å². The van der Waals surface area contributed by atoms with Gasteiger partial charge in [0.05, 0.1) is 19.1 Å². The number of esters is 2. The Bertz CT molecular complexity index is 1630. The van der Waals surface area contributed by atoms with Crippen molar-refractivity contribution in [3.8, 4) is 11.5 Å². The maximum Gasteiger partial charge on any atom is 0.330 e. The van der Waals surface area contributed by atoms with Crippen LogP contribution in [0.1, 0.15) is 34.6 Å². The van der Waals surface area contributed by atoms with Crippen LogP contribution in [0.15, 0.2) is 97.6 Å². The normalized spacial score (nSPS) is 19.5. The molecular weight excluding hydrogens is 560 g/mol. The van der Waals surface area contributed by atoms with Crippen LogP contribution in [0.5, 0.6) is 11.5 Å². The van der Waals surface area contributed by atoms with Gasteiger partial charge in [0.15, 0.2) is 0 Å². The first-order valence-corrected chi connectivity index (χ1v) is 14.7. The van der Waals surface area contributed by atoms with E-state index in [4.69, 9.17) is 23.7 Å². The Morgan fingerprint density at radius 2 is 1.25 bits per heavy atom. The maximum atomic E-state index is 13.4. The summed E-state index contributed by atoms with van der Waals surface area (Å²) in [6, 6.07) is 27.0. The number of carbonyl (C=O) groups excluding carboxylic acids is 2. The first kappa shape index (κ1) is 29.4. The molecule has 8 heteroatoms. The van der Waals surface area contributed by atoms with E-state index in [1.807, 2.05) is 84.9 Å². The lowest BCUT2D eigenvalue weighted by Crippen LogP contribution is -2.50. The topological polar surface area (TPSA) is 101 Å². The second-order valence-electron chi connectivity index (χ2n) is 10.7. The zero-order valence-electron chi connectivity index (χ0n) is 24.3.